The van der Waals surface area contributed by atoms with Crippen molar-refractivity contribution in [2.75, 3.05) is 14.2 Å². The summed E-state index contributed by atoms with van der Waals surface area (Å²) in [6.45, 7) is 0. The van der Waals surface area contributed by atoms with E-state index in [9.17, 15) is 4.57 Å². The SMILES string of the molecule is COP(=O)(OC)O/C(Br)=C/Br. The Balaban J connectivity index is 4.20. The molecule has 0 aromatic heterocycles. The second-order valence-corrected chi connectivity index (χ2v) is 4.36. The van der Waals surface area contributed by atoms with E-state index in [1.807, 2.05) is 0 Å². The minimum absolute atomic E-state index is 0.240. The third-order valence-electron chi connectivity index (χ3n) is 0.732. The summed E-state index contributed by atoms with van der Waals surface area (Å²) >= 11 is 5.91. The minimum Gasteiger partial charge on any atom is -0.396 e. The zero-order valence-electron chi connectivity index (χ0n) is 5.91. The van der Waals surface area contributed by atoms with E-state index in [1.54, 1.807) is 0 Å². The zero-order valence-corrected chi connectivity index (χ0v) is 9.98. The van der Waals surface area contributed by atoms with Crippen LogP contribution in [-0.4, -0.2) is 14.2 Å². The maximum atomic E-state index is 11.2. The van der Waals surface area contributed by atoms with Crippen molar-refractivity contribution in [2.24, 2.45) is 0 Å². The van der Waals surface area contributed by atoms with Crippen LogP contribution in [0, 0.1) is 0 Å². The van der Waals surface area contributed by atoms with Crippen LogP contribution in [-0.2, 0) is 18.1 Å². The van der Waals surface area contributed by atoms with Gasteiger partial charge in [-0.05, 0) is 15.9 Å². The highest BCUT2D eigenvalue weighted by molar-refractivity contribution is 9.13. The highest BCUT2D eigenvalue weighted by Gasteiger charge is 2.24. The average Bonchev–Trinajstić information content (AvgIpc) is 2.04. The van der Waals surface area contributed by atoms with Crippen LogP contribution in [0.3, 0.4) is 0 Å². The summed E-state index contributed by atoms with van der Waals surface area (Å²) in [6.07, 6.45) is 0. The Morgan fingerprint density at radius 3 is 2.18 bits per heavy atom. The Kier molecular flexibility index (Phi) is 5.64. The topological polar surface area (TPSA) is 44.8 Å². The fourth-order valence-corrected chi connectivity index (χ4v) is 1.61. The quantitative estimate of drug-likeness (QED) is 0.591. The minimum atomic E-state index is -3.40. The van der Waals surface area contributed by atoms with Gasteiger partial charge in [-0.15, -0.1) is 0 Å². The van der Waals surface area contributed by atoms with Gasteiger partial charge in [-0.25, -0.2) is 4.57 Å². The van der Waals surface area contributed by atoms with Gasteiger partial charge in [0.15, 0.2) is 4.67 Å². The number of phosphoric acid groups is 1. The number of rotatable bonds is 4. The Morgan fingerprint density at radius 1 is 1.45 bits per heavy atom. The molecule has 0 rings (SSSR count). The number of halogens is 2. The van der Waals surface area contributed by atoms with Gasteiger partial charge in [-0.3, -0.25) is 9.05 Å². The first-order valence-electron chi connectivity index (χ1n) is 2.45. The van der Waals surface area contributed by atoms with Crippen molar-refractivity contribution in [1.29, 1.82) is 0 Å². The summed E-state index contributed by atoms with van der Waals surface area (Å²) < 4.78 is 25.1. The van der Waals surface area contributed by atoms with Gasteiger partial charge in [0.25, 0.3) is 0 Å². The Hall–Kier alpha value is 0.650. The standard InChI is InChI=1S/C4H7Br2O4P/c1-8-11(7,9-2)10-4(6)3-5/h3H,1-2H3/b4-3+. The Labute approximate surface area is 81.8 Å². The molecule has 0 bridgehead atoms. The van der Waals surface area contributed by atoms with E-state index in [0.29, 0.717) is 0 Å². The molecule has 0 aromatic carbocycles. The first-order valence-corrected chi connectivity index (χ1v) is 5.62. The molecule has 66 valence electrons. The molecular formula is C4H7Br2O4P. The molecule has 0 aromatic rings. The maximum absolute atomic E-state index is 11.2. The lowest BCUT2D eigenvalue weighted by molar-refractivity contribution is 0.192. The lowest BCUT2D eigenvalue weighted by Crippen LogP contribution is -1.91. The van der Waals surface area contributed by atoms with Gasteiger partial charge in [0.1, 0.15) is 0 Å². The zero-order chi connectivity index (χ0) is 8.91. The third-order valence-corrected chi connectivity index (χ3v) is 3.72. The molecule has 7 heteroatoms. The van der Waals surface area contributed by atoms with E-state index in [4.69, 9.17) is 4.52 Å². The third kappa shape index (κ3) is 4.28. The largest absolute Gasteiger partial charge is 0.530 e. The average molecular weight is 310 g/mol. The second kappa shape index (κ2) is 5.32. The van der Waals surface area contributed by atoms with Crippen LogP contribution < -0.4 is 0 Å². The van der Waals surface area contributed by atoms with E-state index < -0.39 is 7.82 Å². The van der Waals surface area contributed by atoms with Crippen molar-refractivity contribution in [1.82, 2.24) is 0 Å². The Bertz CT molecular complexity index is 185. The van der Waals surface area contributed by atoms with Crippen molar-refractivity contribution >= 4 is 39.7 Å². The van der Waals surface area contributed by atoms with Crippen LogP contribution in [0.2, 0.25) is 0 Å². The van der Waals surface area contributed by atoms with Crippen molar-refractivity contribution in [3.8, 4) is 0 Å². The van der Waals surface area contributed by atoms with E-state index in [0.717, 1.165) is 0 Å². The smallest absolute Gasteiger partial charge is 0.396 e. The Morgan fingerprint density at radius 2 is 1.91 bits per heavy atom. The number of hydrogen-bond acceptors (Lipinski definition) is 4. The van der Waals surface area contributed by atoms with Crippen LogP contribution in [0.1, 0.15) is 0 Å². The molecule has 0 heterocycles. The van der Waals surface area contributed by atoms with E-state index >= 15 is 0 Å². The molecule has 0 saturated heterocycles. The van der Waals surface area contributed by atoms with Gasteiger partial charge in [-0.2, -0.15) is 0 Å². The molecule has 0 aliphatic carbocycles. The van der Waals surface area contributed by atoms with Crippen molar-refractivity contribution in [2.45, 2.75) is 0 Å². The molecule has 0 aliphatic rings. The van der Waals surface area contributed by atoms with Gasteiger partial charge in [-0.1, -0.05) is 15.9 Å². The van der Waals surface area contributed by atoms with Gasteiger partial charge < -0.3 is 4.52 Å². The van der Waals surface area contributed by atoms with Crippen LogP contribution in [0.4, 0.5) is 0 Å². The molecule has 0 saturated carbocycles. The first-order chi connectivity index (χ1) is 5.08. The lowest BCUT2D eigenvalue weighted by Gasteiger charge is -2.12. The highest BCUT2D eigenvalue weighted by atomic mass is 79.9. The monoisotopic (exact) mass is 308 g/mol. The van der Waals surface area contributed by atoms with Crippen molar-refractivity contribution < 1.29 is 18.1 Å². The van der Waals surface area contributed by atoms with Crippen LogP contribution >= 0.6 is 39.7 Å². The number of phosphoric ester groups is 1. The van der Waals surface area contributed by atoms with E-state index in [1.165, 1.54) is 19.2 Å². The van der Waals surface area contributed by atoms with Gasteiger partial charge >= 0.3 is 7.82 Å². The summed E-state index contributed by atoms with van der Waals surface area (Å²) in [5.41, 5.74) is 0. The summed E-state index contributed by atoms with van der Waals surface area (Å²) in [6, 6.07) is 0. The predicted molar refractivity (Wildman–Crippen MR) is 48.6 cm³/mol. The molecular weight excluding hydrogens is 303 g/mol. The first kappa shape index (κ1) is 11.6. The molecule has 0 atom stereocenters. The van der Waals surface area contributed by atoms with Crippen LogP contribution in [0.15, 0.2) is 9.65 Å². The summed E-state index contributed by atoms with van der Waals surface area (Å²) in [5.74, 6) is 0. The molecule has 11 heavy (non-hydrogen) atoms. The summed E-state index contributed by atoms with van der Waals surface area (Å²) in [4.78, 5) is 1.40. The van der Waals surface area contributed by atoms with E-state index in [2.05, 4.69) is 40.9 Å². The predicted octanol–water partition coefficient (Wildman–Crippen LogP) is 2.99. The molecule has 0 unspecified atom stereocenters. The summed E-state index contributed by atoms with van der Waals surface area (Å²) in [5, 5.41) is 0. The summed E-state index contributed by atoms with van der Waals surface area (Å²) in [7, 11) is -0.929. The lowest BCUT2D eigenvalue weighted by atomic mass is 11.2. The van der Waals surface area contributed by atoms with Crippen LogP contribution in [0.5, 0.6) is 0 Å². The normalized spacial score (nSPS) is 13.3. The molecule has 0 amide bonds. The molecule has 0 aliphatic heterocycles. The molecule has 0 radical (unpaired) electrons. The maximum Gasteiger partial charge on any atom is 0.530 e. The van der Waals surface area contributed by atoms with E-state index in [-0.39, 0.29) is 4.67 Å². The highest BCUT2D eigenvalue weighted by Crippen LogP contribution is 2.50. The van der Waals surface area contributed by atoms with Crippen molar-refractivity contribution in [3.63, 3.8) is 0 Å². The van der Waals surface area contributed by atoms with Gasteiger partial charge in [0, 0.05) is 19.2 Å². The molecule has 4 nitrogen and oxygen atoms in total. The fourth-order valence-electron chi connectivity index (χ4n) is 0.276. The molecule has 0 spiro atoms. The number of hydrogen-bond donors (Lipinski definition) is 0. The van der Waals surface area contributed by atoms with Crippen LogP contribution in [0.25, 0.3) is 0 Å². The van der Waals surface area contributed by atoms with Gasteiger partial charge in [0.2, 0.25) is 0 Å². The van der Waals surface area contributed by atoms with Crippen molar-refractivity contribution in [3.05, 3.63) is 9.65 Å². The molecule has 0 fully saturated rings. The molecule has 0 N–H and O–H groups in total. The van der Waals surface area contributed by atoms with Gasteiger partial charge in [0.05, 0.1) is 0 Å². The second-order valence-electron chi connectivity index (χ2n) is 1.32. The fraction of sp³-hybridized carbons (Fsp3) is 0.500.